The molecule has 0 rings (SSSR count). The summed E-state index contributed by atoms with van der Waals surface area (Å²) < 4.78 is 36.5. The molecule has 0 aromatic heterocycles. The van der Waals surface area contributed by atoms with Gasteiger partial charge in [-0.05, 0) is 12.8 Å². The second-order valence-corrected chi connectivity index (χ2v) is 3.86. The Labute approximate surface area is 64.6 Å². The van der Waals surface area contributed by atoms with Crippen molar-refractivity contribution in [2.45, 2.75) is 12.8 Å². The molecule has 0 amide bonds. The second-order valence-electron chi connectivity index (χ2n) is 1.76. The number of hydrogen-bond donors (Lipinski definition) is 2. The molecule has 0 saturated heterocycles. The van der Waals surface area contributed by atoms with Gasteiger partial charge >= 0.3 is 0 Å². The highest BCUT2D eigenvalue weighted by molar-refractivity contribution is 7.79. The summed E-state index contributed by atoms with van der Waals surface area (Å²) in [7, 11) is 0. The minimum absolute atomic E-state index is 0.192. The van der Waals surface area contributed by atoms with Crippen LogP contribution in [0.2, 0.25) is 0 Å². The molecule has 0 aromatic carbocycles. The number of unbranched alkanes of at least 4 members (excludes halogenated alkanes) is 1. The lowest BCUT2D eigenvalue weighted by Crippen LogP contribution is -1.99. The summed E-state index contributed by atoms with van der Waals surface area (Å²) in [5.74, 6) is 0.383. The normalized spacial score (nSPS) is 16.6. The fourth-order valence-electron chi connectivity index (χ4n) is 0.451. The molecule has 0 radical (unpaired) electrons. The third kappa shape index (κ3) is 8.22. The lowest BCUT2D eigenvalue weighted by molar-refractivity contribution is 0.553. The highest BCUT2D eigenvalue weighted by Crippen LogP contribution is 1.92. The lowest BCUT2D eigenvalue weighted by atomic mass is 10.4. The first-order chi connectivity index (χ1) is 4.63. The van der Waals surface area contributed by atoms with Crippen molar-refractivity contribution in [1.29, 1.82) is 0 Å². The van der Waals surface area contributed by atoms with E-state index in [0.29, 0.717) is 12.8 Å². The summed E-state index contributed by atoms with van der Waals surface area (Å²) >= 11 is -3.52. The maximum Gasteiger partial charge on any atom is 0.152 e. The summed E-state index contributed by atoms with van der Waals surface area (Å²) in [4.78, 5) is 0. The van der Waals surface area contributed by atoms with Gasteiger partial charge in [0.1, 0.15) is 0 Å². The van der Waals surface area contributed by atoms with Crippen LogP contribution < -0.4 is 0 Å². The molecule has 0 aromatic rings. The molecule has 62 valence electrons. The molecule has 0 fully saturated rings. The predicted molar refractivity (Wildman–Crippen MR) is 40.5 cm³/mol. The molecule has 2 unspecified atom stereocenters. The molecule has 2 N–H and O–H groups in total. The third-order valence-corrected chi connectivity index (χ3v) is 2.16. The molecule has 10 heavy (non-hydrogen) atoms. The summed E-state index contributed by atoms with van der Waals surface area (Å²) in [6, 6.07) is 0. The van der Waals surface area contributed by atoms with E-state index in [-0.39, 0.29) is 11.5 Å². The Morgan fingerprint density at radius 3 is 1.40 bits per heavy atom. The molecule has 6 heteroatoms. The second kappa shape index (κ2) is 5.96. The molecule has 0 spiro atoms. The largest absolute Gasteiger partial charge is 0.306 e. The Kier molecular flexibility index (Phi) is 6.10. The first-order valence-corrected chi connectivity index (χ1v) is 5.33. The molecule has 0 aliphatic heterocycles. The van der Waals surface area contributed by atoms with Gasteiger partial charge in [0.25, 0.3) is 0 Å². The van der Waals surface area contributed by atoms with Crippen LogP contribution in [0.5, 0.6) is 0 Å². The molecular formula is C4H10O4S2. The Balaban J connectivity index is 3.06. The zero-order valence-corrected chi connectivity index (χ0v) is 6.99. The van der Waals surface area contributed by atoms with Crippen molar-refractivity contribution in [2.24, 2.45) is 0 Å². The fourth-order valence-corrected chi connectivity index (χ4v) is 1.35. The highest BCUT2D eigenvalue weighted by atomic mass is 32.2. The van der Waals surface area contributed by atoms with E-state index in [0.717, 1.165) is 0 Å². The zero-order chi connectivity index (χ0) is 7.98. The summed E-state index contributed by atoms with van der Waals surface area (Å²) in [6.07, 6.45) is 1.05. The van der Waals surface area contributed by atoms with E-state index in [1.54, 1.807) is 0 Å². The van der Waals surface area contributed by atoms with E-state index in [4.69, 9.17) is 9.11 Å². The van der Waals surface area contributed by atoms with E-state index in [9.17, 15) is 8.42 Å². The lowest BCUT2D eigenvalue weighted by Gasteiger charge is -1.93. The van der Waals surface area contributed by atoms with Crippen LogP contribution in [0.3, 0.4) is 0 Å². The Morgan fingerprint density at radius 1 is 0.900 bits per heavy atom. The van der Waals surface area contributed by atoms with Crippen molar-refractivity contribution in [1.82, 2.24) is 0 Å². The minimum atomic E-state index is -1.76. The van der Waals surface area contributed by atoms with Crippen LogP contribution >= 0.6 is 0 Å². The van der Waals surface area contributed by atoms with Crippen molar-refractivity contribution in [2.75, 3.05) is 11.5 Å². The van der Waals surface area contributed by atoms with Crippen molar-refractivity contribution >= 4 is 22.2 Å². The molecule has 2 atom stereocenters. The van der Waals surface area contributed by atoms with Gasteiger partial charge in [0, 0.05) is 11.5 Å². The molecule has 0 saturated carbocycles. The van der Waals surface area contributed by atoms with Crippen LogP contribution in [0.4, 0.5) is 0 Å². The van der Waals surface area contributed by atoms with Crippen molar-refractivity contribution in [3.8, 4) is 0 Å². The third-order valence-electron chi connectivity index (χ3n) is 0.888. The van der Waals surface area contributed by atoms with Crippen LogP contribution in [-0.4, -0.2) is 29.0 Å². The van der Waals surface area contributed by atoms with Crippen LogP contribution in [-0.2, 0) is 22.2 Å². The van der Waals surface area contributed by atoms with Crippen molar-refractivity contribution < 1.29 is 17.5 Å². The van der Waals surface area contributed by atoms with Gasteiger partial charge in [-0.15, -0.1) is 0 Å². The molecule has 0 heterocycles. The Morgan fingerprint density at radius 2 is 1.20 bits per heavy atom. The maximum absolute atomic E-state index is 10.0. The van der Waals surface area contributed by atoms with Gasteiger partial charge in [-0.1, -0.05) is 0 Å². The molecule has 0 aliphatic rings. The highest BCUT2D eigenvalue weighted by Gasteiger charge is 1.96. The fraction of sp³-hybridized carbons (Fsp3) is 1.00. The molecular weight excluding hydrogens is 176 g/mol. The van der Waals surface area contributed by atoms with Crippen LogP contribution in [0.25, 0.3) is 0 Å². The number of rotatable bonds is 5. The monoisotopic (exact) mass is 186 g/mol. The average Bonchev–Trinajstić information content (AvgIpc) is 1.79. The van der Waals surface area contributed by atoms with Gasteiger partial charge in [0.15, 0.2) is 22.2 Å². The van der Waals surface area contributed by atoms with E-state index >= 15 is 0 Å². The Bertz CT molecular complexity index is 119. The molecule has 4 nitrogen and oxygen atoms in total. The van der Waals surface area contributed by atoms with Gasteiger partial charge in [-0.3, -0.25) is 0 Å². The van der Waals surface area contributed by atoms with E-state index in [1.807, 2.05) is 0 Å². The standard InChI is InChI=1S/C4H10O4S2/c5-9(6)3-1-2-4-10(7)8/h1-4H2,(H,5,6)(H,7,8). The van der Waals surface area contributed by atoms with Gasteiger partial charge in [-0.25, -0.2) is 8.42 Å². The predicted octanol–water partition coefficient (Wildman–Crippen LogP) is 0.210. The van der Waals surface area contributed by atoms with E-state index in [2.05, 4.69) is 0 Å². The maximum atomic E-state index is 10.0. The van der Waals surface area contributed by atoms with Crippen molar-refractivity contribution in [3.63, 3.8) is 0 Å². The van der Waals surface area contributed by atoms with E-state index < -0.39 is 22.2 Å². The smallest absolute Gasteiger partial charge is 0.152 e. The minimum Gasteiger partial charge on any atom is -0.306 e. The van der Waals surface area contributed by atoms with Crippen LogP contribution in [0, 0.1) is 0 Å². The number of hydrogen-bond acceptors (Lipinski definition) is 2. The summed E-state index contributed by atoms with van der Waals surface area (Å²) in [5, 5.41) is 0. The van der Waals surface area contributed by atoms with Gasteiger partial charge in [0.2, 0.25) is 0 Å². The topological polar surface area (TPSA) is 74.6 Å². The van der Waals surface area contributed by atoms with Gasteiger partial charge in [-0.2, -0.15) is 0 Å². The summed E-state index contributed by atoms with van der Waals surface area (Å²) in [5.41, 5.74) is 0. The quantitative estimate of drug-likeness (QED) is 0.475. The SMILES string of the molecule is O=S(O)CCCCS(=O)O. The van der Waals surface area contributed by atoms with E-state index in [1.165, 1.54) is 0 Å². The van der Waals surface area contributed by atoms with Gasteiger partial charge in [0.05, 0.1) is 0 Å². The average molecular weight is 186 g/mol. The van der Waals surface area contributed by atoms with Gasteiger partial charge < -0.3 is 9.11 Å². The first-order valence-electron chi connectivity index (χ1n) is 2.78. The van der Waals surface area contributed by atoms with Crippen molar-refractivity contribution in [3.05, 3.63) is 0 Å². The Hall–Kier alpha value is 0.220. The van der Waals surface area contributed by atoms with Crippen LogP contribution in [0.15, 0.2) is 0 Å². The zero-order valence-electron chi connectivity index (χ0n) is 5.36. The summed E-state index contributed by atoms with van der Waals surface area (Å²) in [6.45, 7) is 0. The first kappa shape index (κ1) is 10.2. The van der Waals surface area contributed by atoms with Crippen LogP contribution in [0.1, 0.15) is 12.8 Å². The molecule has 0 aliphatic carbocycles. The molecule has 0 bridgehead atoms.